The van der Waals surface area contributed by atoms with E-state index in [4.69, 9.17) is 9.26 Å². The van der Waals surface area contributed by atoms with Crippen LogP contribution in [0.4, 0.5) is 11.4 Å². The molecule has 168 valence electrons. The number of carbonyl (C=O) groups is 1. The number of nitro benzene ring substituents is 1. The molecule has 4 rings (SSSR count). The highest BCUT2D eigenvalue weighted by Gasteiger charge is 2.22. The van der Waals surface area contributed by atoms with Crippen LogP contribution < -0.4 is 4.72 Å². The Morgan fingerprint density at radius 3 is 2.73 bits per heavy atom. The molecule has 0 saturated heterocycles. The van der Waals surface area contributed by atoms with E-state index < -0.39 is 20.9 Å². The number of esters is 1. The van der Waals surface area contributed by atoms with Gasteiger partial charge in [-0.3, -0.25) is 14.8 Å². The Morgan fingerprint density at radius 1 is 1.15 bits per heavy atom. The number of anilines is 1. The number of ether oxygens (including phenoxy) is 1. The average molecular weight is 486 g/mol. The molecule has 0 aliphatic carbocycles. The van der Waals surface area contributed by atoms with E-state index in [0.717, 1.165) is 10.9 Å². The molecular formula is C20H14N4O7S2. The van der Waals surface area contributed by atoms with Crippen LogP contribution in [0.3, 0.4) is 0 Å². The first-order chi connectivity index (χ1) is 15.8. The molecule has 33 heavy (non-hydrogen) atoms. The number of benzene rings is 2. The Labute approximate surface area is 190 Å². The zero-order valence-corrected chi connectivity index (χ0v) is 18.2. The van der Waals surface area contributed by atoms with Crippen molar-refractivity contribution in [2.24, 2.45) is 0 Å². The molecule has 0 fully saturated rings. The number of nitro groups is 1. The summed E-state index contributed by atoms with van der Waals surface area (Å²) >= 11 is 1.41. The predicted octanol–water partition coefficient (Wildman–Crippen LogP) is 3.86. The van der Waals surface area contributed by atoms with Gasteiger partial charge in [-0.1, -0.05) is 29.4 Å². The fraction of sp³-hybridized carbons (Fsp3) is 0.0500. The summed E-state index contributed by atoms with van der Waals surface area (Å²) in [6, 6.07) is 14.0. The average Bonchev–Trinajstić information content (AvgIpc) is 3.50. The first-order valence-electron chi connectivity index (χ1n) is 9.23. The smallest absolute Gasteiger partial charge is 0.340 e. The molecule has 0 saturated carbocycles. The van der Waals surface area contributed by atoms with Crippen molar-refractivity contribution in [2.45, 2.75) is 11.5 Å². The summed E-state index contributed by atoms with van der Waals surface area (Å²) in [7, 11) is -4.22. The lowest BCUT2D eigenvalue weighted by molar-refractivity contribution is -0.385. The van der Waals surface area contributed by atoms with E-state index in [0.29, 0.717) is 5.89 Å². The number of rotatable bonds is 8. The largest absolute Gasteiger partial charge is 0.454 e. The number of hydrogen-bond acceptors (Lipinski definition) is 10. The molecular weight excluding hydrogens is 472 g/mol. The molecule has 0 bridgehead atoms. The highest BCUT2D eigenvalue weighted by atomic mass is 32.2. The maximum atomic E-state index is 12.7. The second kappa shape index (κ2) is 9.18. The van der Waals surface area contributed by atoms with Crippen LogP contribution in [0, 0.1) is 10.1 Å². The van der Waals surface area contributed by atoms with Crippen LogP contribution in [0.2, 0.25) is 0 Å². The second-order valence-electron chi connectivity index (χ2n) is 6.47. The number of nitrogens with zero attached hydrogens (tertiary/aromatic N) is 3. The van der Waals surface area contributed by atoms with Gasteiger partial charge in [0.1, 0.15) is 0 Å². The SMILES string of the molecule is O=C(OCc1noc(-c2cccs2)n1)c1ccccc1NS(=O)(=O)c1cccc([N+](=O)[O-])c1. The van der Waals surface area contributed by atoms with E-state index in [1.165, 1.54) is 53.8 Å². The number of thiophene rings is 1. The summed E-state index contributed by atoms with van der Waals surface area (Å²) in [6.45, 7) is -0.292. The topological polar surface area (TPSA) is 155 Å². The predicted molar refractivity (Wildman–Crippen MR) is 117 cm³/mol. The Kier molecular flexibility index (Phi) is 6.15. The molecule has 0 unspecified atom stereocenters. The van der Waals surface area contributed by atoms with Gasteiger partial charge >= 0.3 is 5.97 Å². The van der Waals surface area contributed by atoms with Crippen molar-refractivity contribution in [3.63, 3.8) is 0 Å². The third-order valence-electron chi connectivity index (χ3n) is 4.26. The van der Waals surface area contributed by atoms with E-state index in [1.54, 1.807) is 6.07 Å². The first-order valence-corrected chi connectivity index (χ1v) is 11.6. The number of carbonyl (C=O) groups excluding carboxylic acids is 1. The molecule has 1 N–H and O–H groups in total. The van der Waals surface area contributed by atoms with Crippen LogP contribution in [0.25, 0.3) is 10.8 Å². The summed E-state index contributed by atoms with van der Waals surface area (Å²) in [5.74, 6) is -0.391. The van der Waals surface area contributed by atoms with E-state index in [2.05, 4.69) is 14.9 Å². The molecule has 2 aromatic carbocycles. The molecule has 0 atom stereocenters. The minimum absolute atomic E-state index is 0.0543. The summed E-state index contributed by atoms with van der Waals surface area (Å²) in [5, 5.41) is 16.6. The normalized spacial score (nSPS) is 11.2. The van der Waals surface area contributed by atoms with Gasteiger partial charge < -0.3 is 9.26 Å². The number of hydrogen-bond donors (Lipinski definition) is 1. The van der Waals surface area contributed by atoms with Crippen molar-refractivity contribution in [3.8, 4) is 10.8 Å². The highest BCUT2D eigenvalue weighted by molar-refractivity contribution is 7.92. The van der Waals surface area contributed by atoms with E-state index in [-0.39, 0.29) is 34.3 Å². The minimum atomic E-state index is -4.22. The van der Waals surface area contributed by atoms with Crippen LogP contribution in [0.5, 0.6) is 0 Å². The molecule has 0 spiro atoms. The third kappa shape index (κ3) is 5.05. The van der Waals surface area contributed by atoms with Gasteiger partial charge in [0.15, 0.2) is 6.61 Å². The van der Waals surface area contributed by atoms with Crippen molar-refractivity contribution in [1.29, 1.82) is 0 Å². The van der Waals surface area contributed by atoms with Gasteiger partial charge in [0.2, 0.25) is 5.82 Å². The van der Waals surface area contributed by atoms with Crippen LogP contribution >= 0.6 is 11.3 Å². The summed E-state index contributed by atoms with van der Waals surface area (Å²) in [6.07, 6.45) is 0. The molecule has 0 aliphatic rings. The number of non-ortho nitro benzene ring substituents is 1. The number of aromatic nitrogens is 2. The van der Waals surface area contributed by atoms with Gasteiger partial charge in [-0.2, -0.15) is 4.98 Å². The van der Waals surface area contributed by atoms with Crippen LogP contribution in [-0.4, -0.2) is 29.5 Å². The van der Waals surface area contributed by atoms with Gasteiger partial charge in [0.05, 0.1) is 25.9 Å². The lowest BCUT2D eigenvalue weighted by Crippen LogP contribution is -2.16. The molecule has 2 aromatic heterocycles. The summed E-state index contributed by atoms with van der Waals surface area (Å²) < 4.78 is 38.1. The van der Waals surface area contributed by atoms with Gasteiger partial charge in [0.25, 0.3) is 21.6 Å². The monoisotopic (exact) mass is 486 g/mol. The molecule has 2 heterocycles. The highest BCUT2D eigenvalue weighted by Crippen LogP contribution is 2.25. The number of nitrogens with one attached hydrogen (secondary N) is 1. The number of para-hydroxylation sites is 1. The van der Waals surface area contributed by atoms with E-state index in [9.17, 15) is 23.3 Å². The van der Waals surface area contributed by atoms with Gasteiger partial charge in [-0.25, -0.2) is 13.2 Å². The molecule has 0 radical (unpaired) electrons. The lowest BCUT2D eigenvalue weighted by atomic mass is 10.2. The van der Waals surface area contributed by atoms with Crippen LogP contribution in [0.15, 0.2) is 75.5 Å². The fourth-order valence-electron chi connectivity index (χ4n) is 2.74. The third-order valence-corrected chi connectivity index (χ3v) is 6.48. The zero-order valence-electron chi connectivity index (χ0n) is 16.6. The fourth-order valence-corrected chi connectivity index (χ4v) is 4.50. The van der Waals surface area contributed by atoms with Crippen molar-refractivity contribution < 1.29 is 27.4 Å². The molecule has 0 aliphatic heterocycles. The Balaban J connectivity index is 1.49. The first kappa shape index (κ1) is 22.1. The van der Waals surface area contributed by atoms with Crippen molar-refractivity contribution in [2.75, 3.05) is 4.72 Å². The lowest BCUT2D eigenvalue weighted by Gasteiger charge is -2.12. The van der Waals surface area contributed by atoms with Crippen molar-refractivity contribution in [1.82, 2.24) is 10.1 Å². The zero-order chi connectivity index (χ0) is 23.4. The Hall–Kier alpha value is -4.10. The van der Waals surface area contributed by atoms with E-state index >= 15 is 0 Å². The molecule has 13 heteroatoms. The quantitative estimate of drug-likeness (QED) is 0.222. The standard InChI is InChI=1S/C20H14N4O7S2/c25-20(30-12-18-21-19(31-22-18)17-9-4-10-32-17)15-7-1-2-8-16(15)23-33(28,29)14-6-3-5-13(11-14)24(26)27/h1-11,23H,12H2. The molecule has 11 nitrogen and oxygen atoms in total. The Bertz CT molecular complexity index is 1420. The summed E-state index contributed by atoms with van der Waals surface area (Å²) in [4.78, 5) is 27.4. The maximum Gasteiger partial charge on any atom is 0.340 e. The van der Waals surface area contributed by atoms with Gasteiger partial charge in [-0.15, -0.1) is 11.3 Å². The Morgan fingerprint density at radius 2 is 1.97 bits per heavy atom. The molecule has 4 aromatic rings. The van der Waals surface area contributed by atoms with Crippen LogP contribution in [-0.2, 0) is 21.4 Å². The number of sulfonamides is 1. The molecule has 0 amide bonds. The summed E-state index contributed by atoms with van der Waals surface area (Å²) in [5.41, 5.74) is -0.498. The van der Waals surface area contributed by atoms with Gasteiger partial charge in [0, 0.05) is 12.1 Å². The van der Waals surface area contributed by atoms with Crippen LogP contribution in [0.1, 0.15) is 16.2 Å². The second-order valence-corrected chi connectivity index (χ2v) is 9.10. The van der Waals surface area contributed by atoms with Crippen molar-refractivity contribution >= 4 is 38.7 Å². The van der Waals surface area contributed by atoms with E-state index in [1.807, 2.05) is 11.4 Å². The van der Waals surface area contributed by atoms with Crippen molar-refractivity contribution in [3.05, 3.63) is 87.5 Å². The maximum absolute atomic E-state index is 12.7. The van der Waals surface area contributed by atoms with Gasteiger partial charge in [-0.05, 0) is 29.6 Å². The minimum Gasteiger partial charge on any atom is -0.454 e.